The molecule has 0 atom stereocenters. The van der Waals surface area contributed by atoms with E-state index in [1.807, 2.05) is 32.0 Å². The summed E-state index contributed by atoms with van der Waals surface area (Å²) >= 11 is 0. The van der Waals surface area contributed by atoms with Gasteiger partial charge in [0.05, 0.1) is 10.5 Å². The number of para-hydroxylation sites is 1. The molecule has 6 nitrogen and oxygen atoms in total. The van der Waals surface area contributed by atoms with Crippen molar-refractivity contribution in [2.75, 3.05) is 5.32 Å². The zero-order valence-corrected chi connectivity index (χ0v) is 14.9. The van der Waals surface area contributed by atoms with Gasteiger partial charge in [-0.1, -0.05) is 18.2 Å². The Kier molecular flexibility index (Phi) is 5.17. The van der Waals surface area contributed by atoms with Crippen LogP contribution < -0.4 is 5.32 Å². The van der Waals surface area contributed by atoms with Crippen LogP contribution >= 0.6 is 0 Å². The van der Waals surface area contributed by atoms with Crippen molar-refractivity contribution in [2.45, 2.75) is 13.8 Å². The van der Waals surface area contributed by atoms with Crippen molar-refractivity contribution in [2.24, 2.45) is 0 Å². The molecule has 0 spiro atoms. The predicted molar refractivity (Wildman–Crippen MR) is 104 cm³/mol. The largest absolute Gasteiger partial charge is 0.456 e. The molecule has 2 aromatic carbocycles. The number of benzene rings is 2. The molecule has 0 fully saturated rings. The molecule has 1 amide bonds. The summed E-state index contributed by atoms with van der Waals surface area (Å²) < 4.78 is 5.62. The molecule has 0 aliphatic carbocycles. The number of nitro groups is 1. The molecule has 0 radical (unpaired) electrons. The van der Waals surface area contributed by atoms with Gasteiger partial charge >= 0.3 is 0 Å². The Morgan fingerprint density at radius 1 is 1.07 bits per heavy atom. The molecule has 3 rings (SSSR count). The Morgan fingerprint density at radius 2 is 1.85 bits per heavy atom. The number of hydrogen-bond acceptors (Lipinski definition) is 4. The van der Waals surface area contributed by atoms with Gasteiger partial charge in [0.15, 0.2) is 0 Å². The summed E-state index contributed by atoms with van der Waals surface area (Å²) in [6.07, 6.45) is 2.88. The first-order valence-corrected chi connectivity index (χ1v) is 8.34. The van der Waals surface area contributed by atoms with E-state index in [1.165, 1.54) is 18.2 Å². The summed E-state index contributed by atoms with van der Waals surface area (Å²) in [6, 6.07) is 15.3. The van der Waals surface area contributed by atoms with Crippen molar-refractivity contribution in [3.8, 4) is 11.3 Å². The Morgan fingerprint density at radius 3 is 2.59 bits per heavy atom. The maximum Gasteiger partial charge on any atom is 0.280 e. The third-order valence-electron chi connectivity index (χ3n) is 4.17. The average molecular weight is 362 g/mol. The molecular formula is C21H18N2O4. The molecule has 1 N–H and O–H groups in total. The maximum absolute atomic E-state index is 12.1. The number of amides is 1. The lowest BCUT2D eigenvalue weighted by atomic mass is 10.1. The molecule has 27 heavy (non-hydrogen) atoms. The van der Waals surface area contributed by atoms with Crippen LogP contribution in [-0.4, -0.2) is 10.8 Å². The zero-order valence-electron chi connectivity index (χ0n) is 14.9. The molecule has 6 heteroatoms. The molecule has 0 aliphatic rings. The Labute approximate surface area is 156 Å². The quantitative estimate of drug-likeness (QED) is 0.388. The number of nitrogens with one attached hydrogen (secondary N) is 1. The first kappa shape index (κ1) is 18.1. The van der Waals surface area contributed by atoms with Gasteiger partial charge in [0.1, 0.15) is 11.5 Å². The van der Waals surface area contributed by atoms with Crippen LogP contribution in [0.25, 0.3) is 17.4 Å². The molecule has 136 valence electrons. The van der Waals surface area contributed by atoms with Gasteiger partial charge in [-0.05, 0) is 61.4 Å². The van der Waals surface area contributed by atoms with E-state index >= 15 is 0 Å². The van der Waals surface area contributed by atoms with E-state index < -0.39 is 4.92 Å². The van der Waals surface area contributed by atoms with Gasteiger partial charge in [0.25, 0.3) is 5.69 Å². The van der Waals surface area contributed by atoms with Gasteiger partial charge in [0, 0.05) is 17.8 Å². The maximum atomic E-state index is 12.1. The highest BCUT2D eigenvalue weighted by molar-refractivity contribution is 6.01. The molecule has 0 bridgehead atoms. The van der Waals surface area contributed by atoms with Crippen LogP contribution in [-0.2, 0) is 4.79 Å². The van der Waals surface area contributed by atoms with Crippen LogP contribution in [0.1, 0.15) is 16.9 Å². The third-order valence-corrected chi connectivity index (χ3v) is 4.17. The lowest BCUT2D eigenvalue weighted by Gasteiger charge is -2.05. The molecule has 3 aromatic rings. The molecule has 0 unspecified atom stereocenters. The summed E-state index contributed by atoms with van der Waals surface area (Å²) in [4.78, 5) is 22.8. The molecule has 1 heterocycles. The van der Waals surface area contributed by atoms with Crippen molar-refractivity contribution in [1.29, 1.82) is 0 Å². The van der Waals surface area contributed by atoms with Crippen molar-refractivity contribution >= 4 is 23.4 Å². The van der Waals surface area contributed by atoms with Gasteiger partial charge in [-0.3, -0.25) is 14.9 Å². The van der Waals surface area contributed by atoms with Crippen LogP contribution in [0, 0.1) is 24.0 Å². The number of nitrogens with zero attached hydrogens (tertiary/aromatic N) is 1. The standard InChI is InChI=1S/C21H18N2O4/c1-14-7-8-16(13-15(14)2)22-21(24)12-10-17-9-11-20(27-17)18-5-3-4-6-19(18)23(25)26/h3-13H,1-2H3,(H,22,24)/b12-10+. The normalized spacial score (nSPS) is 10.9. The van der Waals surface area contributed by atoms with E-state index in [1.54, 1.807) is 30.3 Å². The van der Waals surface area contributed by atoms with Crippen molar-refractivity contribution in [1.82, 2.24) is 0 Å². The van der Waals surface area contributed by atoms with Gasteiger partial charge in [-0.2, -0.15) is 0 Å². The monoisotopic (exact) mass is 362 g/mol. The summed E-state index contributed by atoms with van der Waals surface area (Å²) in [5.74, 6) is 0.511. The summed E-state index contributed by atoms with van der Waals surface area (Å²) in [6.45, 7) is 3.99. The van der Waals surface area contributed by atoms with E-state index in [2.05, 4.69) is 5.32 Å². The minimum Gasteiger partial charge on any atom is -0.456 e. The van der Waals surface area contributed by atoms with Crippen LogP contribution in [0.2, 0.25) is 0 Å². The number of nitro benzene ring substituents is 1. The van der Waals surface area contributed by atoms with Crippen LogP contribution in [0.15, 0.2) is 65.1 Å². The van der Waals surface area contributed by atoms with Crippen LogP contribution in [0.5, 0.6) is 0 Å². The third kappa shape index (κ3) is 4.30. The number of aryl methyl sites for hydroxylation is 2. The number of anilines is 1. The lowest BCUT2D eigenvalue weighted by Crippen LogP contribution is -2.07. The van der Waals surface area contributed by atoms with E-state index in [-0.39, 0.29) is 11.6 Å². The molecule has 0 saturated carbocycles. The second kappa shape index (κ2) is 7.70. The molecule has 0 saturated heterocycles. The average Bonchev–Trinajstić information content (AvgIpc) is 3.12. The second-order valence-corrected chi connectivity index (χ2v) is 6.10. The van der Waals surface area contributed by atoms with Crippen LogP contribution in [0.4, 0.5) is 11.4 Å². The Bertz CT molecular complexity index is 1030. The zero-order chi connectivity index (χ0) is 19.4. The molecule has 1 aromatic heterocycles. The molecular weight excluding hydrogens is 344 g/mol. The second-order valence-electron chi connectivity index (χ2n) is 6.10. The number of hydrogen-bond donors (Lipinski definition) is 1. The fourth-order valence-electron chi connectivity index (χ4n) is 2.59. The van der Waals surface area contributed by atoms with Gasteiger partial charge in [-0.15, -0.1) is 0 Å². The minimum atomic E-state index is -0.454. The van der Waals surface area contributed by atoms with Gasteiger partial charge in [-0.25, -0.2) is 0 Å². The highest BCUT2D eigenvalue weighted by Gasteiger charge is 2.16. The lowest BCUT2D eigenvalue weighted by molar-refractivity contribution is -0.384. The SMILES string of the molecule is Cc1ccc(NC(=O)/C=C/c2ccc(-c3ccccc3[N+](=O)[O-])o2)cc1C. The highest BCUT2D eigenvalue weighted by Crippen LogP contribution is 2.31. The van der Waals surface area contributed by atoms with Crippen molar-refractivity contribution < 1.29 is 14.1 Å². The van der Waals surface area contributed by atoms with E-state index in [0.29, 0.717) is 22.8 Å². The number of carbonyl (C=O) groups excluding carboxylic acids is 1. The first-order chi connectivity index (χ1) is 12.9. The minimum absolute atomic E-state index is 0.0325. The van der Waals surface area contributed by atoms with E-state index in [4.69, 9.17) is 4.42 Å². The van der Waals surface area contributed by atoms with Crippen molar-refractivity contribution in [3.63, 3.8) is 0 Å². The highest BCUT2D eigenvalue weighted by atomic mass is 16.6. The van der Waals surface area contributed by atoms with Crippen LogP contribution in [0.3, 0.4) is 0 Å². The fourth-order valence-corrected chi connectivity index (χ4v) is 2.59. The number of rotatable bonds is 5. The Hall–Kier alpha value is -3.67. The van der Waals surface area contributed by atoms with Gasteiger partial charge in [0.2, 0.25) is 5.91 Å². The first-order valence-electron chi connectivity index (χ1n) is 8.34. The summed E-state index contributed by atoms with van der Waals surface area (Å²) in [5, 5.41) is 13.9. The predicted octanol–water partition coefficient (Wildman–Crippen LogP) is 5.12. The Balaban J connectivity index is 1.73. The van der Waals surface area contributed by atoms with E-state index in [0.717, 1.165) is 11.1 Å². The topological polar surface area (TPSA) is 85.4 Å². The fraction of sp³-hybridized carbons (Fsp3) is 0.0952. The summed E-state index contributed by atoms with van der Waals surface area (Å²) in [7, 11) is 0. The van der Waals surface area contributed by atoms with Crippen molar-refractivity contribution in [3.05, 3.63) is 87.7 Å². The number of furan rings is 1. The van der Waals surface area contributed by atoms with E-state index in [9.17, 15) is 14.9 Å². The molecule has 0 aliphatic heterocycles. The number of carbonyl (C=O) groups is 1. The van der Waals surface area contributed by atoms with Gasteiger partial charge < -0.3 is 9.73 Å². The smallest absolute Gasteiger partial charge is 0.280 e. The summed E-state index contributed by atoms with van der Waals surface area (Å²) in [5.41, 5.74) is 3.32.